The third kappa shape index (κ3) is 4.36. The van der Waals surface area contributed by atoms with E-state index in [1.165, 1.54) is 18.6 Å². The van der Waals surface area contributed by atoms with Crippen LogP contribution in [0.2, 0.25) is 0 Å². The van der Waals surface area contributed by atoms with E-state index in [0.717, 1.165) is 25.7 Å². The highest BCUT2D eigenvalue weighted by atomic mass is 16.4. The number of carboxylic acids is 1. The third-order valence-corrected chi connectivity index (χ3v) is 4.87. The van der Waals surface area contributed by atoms with Crippen molar-refractivity contribution in [2.24, 2.45) is 0 Å². The molecular weight excluding hydrogens is 348 g/mol. The van der Waals surface area contributed by atoms with E-state index in [4.69, 9.17) is 9.52 Å². The topological polar surface area (TPSA) is 99.9 Å². The first-order chi connectivity index (χ1) is 13.0. The zero-order valence-electron chi connectivity index (χ0n) is 15.1. The Morgan fingerprint density at radius 2 is 1.63 bits per heavy atom. The number of nitrogens with one attached hydrogen (secondary N) is 1. The summed E-state index contributed by atoms with van der Waals surface area (Å²) in [6.45, 7) is 0. The Kier molecular flexibility index (Phi) is 5.59. The molecule has 3 rings (SSSR count). The van der Waals surface area contributed by atoms with Crippen LogP contribution in [0.25, 0.3) is 0 Å². The average molecular weight is 370 g/mol. The summed E-state index contributed by atoms with van der Waals surface area (Å²) in [7, 11) is 1.84. The first-order valence-corrected chi connectivity index (χ1v) is 8.97. The van der Waals surface area contributed by atoms with Gasteiger partial charge >= 0.3 is 5.97 Å². The number of rotatable bonds is 5. The second-order valence-electron chi connectivity index (χ2n) is 6.71. The van der Waals surface area contributed by atoms with Crippen LogP contribution in [-0.2, 0) is 0 Å². The average Bonchev–Trinajstić information content (AvgIpc) is 3.19. The summed E-state index contributed by atoms with van der Waals surface area (Å²) in [6.07, 6.45) is 5.62. The third-order valence-electron chi connectivity index (χ3n) is 4.87. The second-order valence-corrected chi connectivity index (χ2v) is 6.71. The molecule has 1 fully saturated rings. The van der Waals surface area contributed by atoms with E-state index in [9.17, 15) is 14.4 Å². The fourth-order valence-electron chi connectivity index (χ4n) is 3.30. The normalized spacial score (nSPS) is 14.6. The summed E-state index contributed by atoms with van der Waals surface area (Å²) >= 11 is 0. The minimum atomic E-state index is -1.24. The highest BCUT2D eigenvalue weighted by molar-refractivity contribution is 6.03. The molecule has 1 aromatic carbocycles. The molecular formula is C20H22N2O5. The lowest BCUT2D eigenvalue weighted by Gasteiger charge is -2.31. The Labute approximate surface area is 157 Å². The van der Waals surface area contributed by atoms with Crippen molar-refractivity contribution in [1.29, 1.82) is 0 Å². The number of carbonyl (C=O) groups is 3. The Morgan fingerprint density at radius 3 is 2.22 bits per heavy atom. The molecule has 1 saturated carbocycles. The first-order valence-electron chi connectivity index (χ1n) is 8.97. The lowest BCUT2D eigenvalue weighted by atomic mass is 9.94. The van der Waals surface area contributed by atoms with E-state index in [2.05, 4.69) is 5.32 Å². The quantitative estimate of drug-likeness (QED) is 0.837. The molecule has 0 saturated heterocycles. The SMILES string of the molecule is CN(C(=O)c1ccc(NC(=O)c2ccc(C(=O)O)o2)cc1)C1CCCCC1. The highest BCUT2D eigenvalue weighted by Crippen LogP contribution is 2.23. The van der Waals surface area contributed by atoms with Gasteiger partial charge in [0.15, 0.2) is 5.76 Å². The van der Waals surface area contributed by atoms with E-state index < -0.39 is 11.9 Å². The number of carboxylic acid groups (broad SMARTS) is 1. The fraction of sp³-hybridized carbons (Fsp3) is 0.350. The molecule has 1 aliphatic rings. The maximum Gasteiger partial charge on any atom is 0.371 e. The predicted molar refractivity (Wildman–Crippen MR) is 99.0 cm³/mol. The summed E-state index contributed by atoms with van der Waals surface area (Å²) in [6, 6.07) is 9.43. The van der Waals surface area contributed by atoms with Crippen molar-refractivity contribution in [2.45, 2.75) is 38.1 Å². The molecule has 0 unspecified atom stereocenters. The lowest BCUT2D eigenvalue weighted by molar-refractivity contribution is 0.0658. The van der Waals surface area contributed by atoms with Crippen LogP contribution in [0.15, 0.2) is 40.8 Å². The van der Waals surface area contributed by atoms with Crippen LogP contribution in [-0.4, -0.2) is 40.9 Å². The van der Waals surface area contributed by atoms with Crippen molar-refractivity contribution in [3.8, 4) is 0 Å². The minimum Gasteiger partial charge on any atom is -0.475 e. The lowest BCUT2D eigenvalue weighted by Crippen LogP contribution is -2.38. The zero-order chi connectivity index (χ0) is 19.4. The van der Waals surface area contributed by atoms with Gasteiger partial charge in [-0.15, -0.1) is 0 Å². The largest absolute Gasteiger partial charge is 0.475 e. The number of nitrogens with zero attached hydrogens (tertiary/aromatic N) is 1. The Morgan fingerprint density at radius 1 is 1.00 bits per heavy atom. The van der Waals surface area contributed by atoms with Gasteiger partial charge in [-0.3, -0.25) is 9.59 Å². The smallest absolute Gasteiger partial charge is 0.371 e. The van der Waals surface area contributed by atoms with Crippen LogP contribution >= 0.6 is 0 Å². The molecule has 2 N–H and O–H groups in total. The molecule has 0 atom stereocenters. The standard InChI is InChI=1S/C20H22N2O5/c1-22(15-5-3-2-4-6-15)19(24)13-7-9-14(10-8-13)21-18(23)16-11-12-17(27-16)20(25)26/h7-12,15H,2-6H2,1H3,(H,21,23)(H,25,26). The monoisotopic (exact) mass is 370 g/mol. The molecule has 0 spiro atoms. The van der Waals surface area contributed by atoms with Crippen LogP contribution < -0.4 is 5.32 Å². The summed E-state index contributed by atoms with van der Waals surface area (Å²) in [5.74, 6) is -2.21. The number of aromatic carboxylic acids is 1. The summed E-state index contributed by atoms with van der Waals surface area (Å²) < 4.78 is 4.97. The van der Waals surface area contributed by atoms with Gasteiger partial charge in [-0.2, -0.15) is 0 Å². The number of hydrogen-bond acceptors (Lipinski definition) is 4. The van der Waals surface area contributed by atoms with Crippen molar-refractivity contribution < 1.29 is 23.9 Å². The zero-order valence-corrected chi connectivity index (χ0v) is 15.1. The molecule has 7 nitrogen and oxygen atoms in total. The summed E-state index contributed by atoms with van der Waals surface area (Å²) in [5, 5.41) is 11.4. The number of benzene rings is 1. The Hall–Kier alpha value is -3.09. The highest BCUT2D eigenvalue weighted by Gasteiger charge is 2.23. The number of amides is 2. The summed E-state index contributed by atoms with van der Waals surface area (Å²) in [5.41, 5.74) is 1.05. The van der Waals surface area contributed by atoms with E-state index in [1.54, 1.807) is 24.3 Å². The molecule has 2 amide bonds. The van der Waals surface area contributed by atoms with Gasteiger partial charge in [0.25, 0.3) is 11.8 Å². The second kappa shape index (κ2) is 8.07. The van der Waals surface area contributed by atoms with E-state index in [-0.39, 0.29) is 23.5 Å². The molecule has 2 aromatic rings. The van der Waals surface area contributed by atoms with Gasteiger partial charge in [0, 0.05) is 24.3 Å². The van der Waals surface area contributed by atoms with Crippen molar-refractivity contribution >= 4 is 23.5 Å². The van der Waals surface area contributed by atoms with Gasteiger partial charge < -0.3 is 19.7 Å². The first kappa shape index (κ1) is 18.7. The molecule has 27 heavy (non-hydrogen) atoms. The van der Waals surface area contributed by atoms with E-state index >= 15 is 0 Å². The molecule has 0 radical (unpaired) electrons. The number of anilines is 1. The van der Waals surface area contributed by atoms with Gasteiger partial charge in [0.2, 0.25) is 5.76 Å². The van der Waals surface area contributed by atoms with Crippen LogP contribution in [0.1, 0.15) is 63.6 Å². The van der Waals surface area contributed by atoms with Crippen LogP contribution in [0.3, 0.4) is 0 Å². The number of furan rings is 1. The molecule has 0 bridgehead atoms. The number of hydrogen-bond donors (Lipinski definition) is 2. The van der Waals surface area contributed by atoms with Gasteiger partial charge in [0.1, 0.15) is 0 Å². The van der Waals surface area contributed by atoms with Gasteiger partial charge in [-0.05, 0) is 49.2 Å². The molecule has 1 heterocycles. The number of carbonyl (C=O) groups excluding carboxylic acids is 2. The maximum atomic E-state index is 12.6. The van der Waals surface area contributed by atoms with Gasteiger partial charge in [-0.1, -0.05) is 19.3 Å². The van der Waals surface area contributed by atoms with E-state index in [0.29, 0.717) is 11.3 Å². The maximum absolute atomic E-state index is 12.6. The molecule has 0 aliphatic heterocycles. The van der Waals surface area contributed by atoms with E-state index in [1.807, 2.05) is 11.9 Å². The van der Waals surface area contributed by atoms with Crippen LogP contribution in [0, 0.1) is 0 Å². The van der Waals surface area contributed by atoms with Gasteiger partial charge in [0.05, 0.1) is 0 Å². The molecule has 7 heteroatoms. The fourth-order valence-corrected chi connectivity index (χ4v) is 3.30. The Balaban J connectivity index is 1.63. The minimum absolute atomic E-state index is 0.0306. The van der Waals surface area contributed by atoms with Crippen LogP contribution in [0.4, 0.5) is 5.69 Å². The van der Waals surface area contributed by atoms with Crippen molar-refractivity contribution in [2.75, 3.05) is 12.4 Å². The van der Waals surface area contributed by atoms with Gasteiger partial charge in [-0.25, -0.2) is 4.79 Å². The molecule has 142 valence electrons. The van der Waals surface area contributed by atoms with Crippen molar-refractivity contribution in [3.05, 3.63) is 53.5 Å². The summed E-state index contributed by atoms with van der Waals surface area (Å²) in [4.78, 5) is 37.4. The van der Waals surface area contributed by atoms with Crippen molar-refractivity contribution in [1.82, 2.24) is 4.90 Å². The molecule has 1 aliphatic carbocycles. The molecule has 1 aromatic heterocycles. The Bertz CT molecular complexity index is 834. The van der Waals surface area contributed by atoms with Crippen molar-refractivity contribution in [3.63, 3.8) is 0 Å². The predicted octanol–water partition coefficient (Wildman–Crippen LogP) is 3.63. The van der Waals surface area contributed by atoms with Crippen LogP contribution in [0.5, 0.6) is 0 Å².